The van der Waals surface area contributed by atoms with Crippen LogP contribution in [0.3, 0.4) is 0 Å². The zero-order chi connectivity index (χ0) is 21.1. The first-order valence-corrected chi connectivity index (χ1v) is 8.34. The van der Waals surface area contributed by atoms with Gasteiger partial charge in [0, 0.05) is 13.2 Å². The minimum atomic E-state index is -2.27. The Hall–Kier alpha value is -1.30. The van der Waals surface area contributed by atoms with E-state index in [0.29, 0.717) is 6.61 Å². The average molecular weight is 386 g/mol. The van der Waals surface area contributed by atoms with Crippen LogP contribution in [0.25, 0.3) is 0 Å². The van der Waals surface area contributed by atoms with E-state index >= 15 is 0 Å². The van der Waals surface area contributed by atoms with Crippen LogP contribution in [-0.4, -0.2) is 93.4 Å². The van der Waals surface area contributed by atoms with Crippen LogP contribution in [0.2, 0.25) is 0 Å². The van der Waals surface area contributed by atoms with Crippen LogP contribution in [0.15, 0.2) is 0 Å². The molecule has 0 bridgehead atoms. The minimum Gasteiger partial charge on any atom is -0.479 e. The molecule has 0 aliphatic rings. The smallest absolute Gasteiger partial charge is 0.335 e. The topological polar surface area (TPSA) is 174 Å². The predicted molar refractivity (Wildman–Crippen MR) is 92.9 cm³/mol. The Morgan fingerprint density at radius 3 is 1.50 bits per heavy atom. The number of ether oxygens (including phenoxy) is 2. The highest BCUT2D eigenvalue weighted by Gasteiger charge is 2.29. The predicted octanol–water partition coefficient (Wildman–Crippen LogP) is -0.535. The van der Waals surface area contributed by atoms with E-state index in [1.807, 2.05) is 0 Å². The molecule has 0 aromatic heterocycles. The van der Waals surface area contributed by atoms with Crippen LogP contribution < -0.4 is 0 Å². The molecular formula is C16H34O10. The van der Waals surface area contributed by atoms with E-state index in [9.17, 15) is 9.59 Å². The van der Waals surface area contributed by atoms with Crippen molar-refractivity contribution in [3.63, 3.8) is 0 Å². The second-order valence-corrected chi connectivity index (χ2v) is 5.35. The summed E-state index contributed by atoms with van der Waals surface area (Å²) in [5, 5.41) is 49.7. The molecule has 0 aliphatic carbocycles. The molecule has 158 valence electrons. The highest BCUT2D eigenvalue weighted by atomic mass is 16.5. The van der Waals surface area contributed by atoms with E-state index in [1.165, 1.54) is 0 Å². The van der Waals surface area contributed by atoms with Gasteiger partial charge in [0.25, 0.3) is 0 Å². The van der Waals surface area contributed by atoms with Crippen molar-refractivity contribution in [3.8, 4) is 0 Å². The van der Waals surface area contributed by atoms with Gasteiger partial charge in [0.15, 0.2) is 12.2 Å². The van der Waals surface area contributed by atoms with Crippen LogP contribution in [0.1, 0.15) is 40.5 Å². The quantitative estimate of drug-likeness (QED) is 0.253. The fraction of sp³-hybridized carbons (Fsp3) is 0.875. The molecule has 10 nitrogen and oxygen atoms in total. The summed E-state index contributed by atoms with van der Waals surface area (Å²) in [6, 6.07) is 0. The van der Waals surface area contributed by atoms with E-state index in [0.717, 1.165) is 26.1 Å². The summed E-state index contributed by atoms with van der Waals surface area (Å²) in [6.07, 6.45) is -2.87. The largest absolute Gasteiger partial charge is 0.479 e. The van der Waals surface area contributed by atoms with Crippen molar-refractivity contribution in [2.75, 3.05) is 26.4 Å². The maximum atomic E-state index is 9.77. The third kappa shape index (κ3) is 22.7. The zero-order valence-electron chi connectivity index (χ0n) is 15.9. The van der Waals surface area contributed by atoms with Crippen molar-refractivity contribution in [2.45, 2.75) is 65.0 Å². The maximum Gasteiger partial charge on any atom is 0.335 e. The maximum absolute atomic E-state index is 9.77. The van der Waals surface area contributed by atoms with Gasteiger partial charge in [0.1, 0.15) is 0 Å². The van der Waals surface area contributed by atoms with Gasteiger partial charge in [0.05, 0.1) is 25.4 Å². The molecule has 4 unspecified atom stereocenters. The van der Waals surface area contributed by atoms with Crippen LogP contribution >= 0.6 is 0 Å². The van der Waals surface area contributed by atoms with Gasteiger partial charge < -0.3 is 40.1 Å². The van der Waals surface area contributed by atoms with Crippen LogP contribution in [0.4, 0.5) is 0 Å². The Morgan fingerprint density at radius 1 is 0.885 bits per heavy atom. The van der Waals surface area contributed by atoms with Crippen molar-refractivity contribution in [2.24, 2.45) is 0 Å². The van der Waals surface area contributed by atoms with Gasteiger partial charge in [-0.15, -0.1) is 0 Å². The summed E-state index contributed by atoms with van der Waals surface area (Å²) in [5.41, 5.74) is 0. The molecule has 0 saturated carbocycles. The van der Waals surface area contributed by atoms with E-state index in [4.69, 9.17) is 40.1 Å². The number of carboxylic acids is 2. The standard InChI is InChI=1S/C6H14O3.C6H14O.C4H6O6/c1-5(8)4-9-6(2)3-7;1-3-5-7-6-4-2;5-1(3(7)8)2(6)4(9)10/h5-8H,3-4H2,1-2H3;3-6H2,1-2H3;1-2,5-6H,(H,7,8)(H,9,10). The summed E-state index contributed by atoms with van der Waals surface area (Å²) in [6.45, 7) is 9.79. The number of carbonyl (C=O) groups is 2. The highest BCUT2D eigenvalue weighted by Crippen LogP contribution is 1.92. The first-order valence-electron chi connectivity index (χ1n) is 8.34. The molecule has 0 aliphatic heterocycles. The molecule has 0 amide bonds. The number of rotatable bonds is 11. The van der Waals surface area contributed by atoms with Gasteiger partial charge in [-0.3, -0.25) is 0 Å². The Balaban J connectivity index is -0.000000310. The van der Waals surface area contributed by atoms with E-state index in [2.05, 4.69) is 13.8 Å². The molecule has 0 aromatic carbocycles. The summed E-state index contributed by atoms with van der Waals surface area (Å²) in [5.74, 6) is -3.54. The summed E-state index contributed by atoms with van der Waals surface area (Å²) >= 11 is 0. The van der Waals surface area contributed by atoms with Crippen molar-refractivity contribution in [1.29, 1.82) is 0 Å². The van der Waals surface area contributed by atoms with Crippen molar-refractivity contribution in [3.05, 3.63) is 0 Å². The third-order valence-electron chi connectivity index (χ3n) is 2.38. The third-order valence-corrected chi connectivity index (χ3v) is 2.38. The lowest BCUT2D eigenvalue weighted by Gasteiger charge is -2.10. The lowest BCUT2D eigenvalue weighted by atomic mass is 10.2. The zero-order valence-corrected chi connectivity index (χ0v) is 15.9. The molecule has 0 heterocycles. The molecule has 0 radical (unpaired) electrons. The Labute approximate surface area is 154 Å². The summed E-state index contributed by atoms with van der Waals surface area (Å²) < 4.78 is 10.1. The monoisotopic (exact) mass is 386 g/mol. The van der Waals surface area contributed by atoms with E-state index in [1.54, 1.807) is 13.8 Å². The van der Waals surface area contributed by atoms with Crippen molar-refractivity contribution >= 4 is 11.9 Å². The number of aliphatic hydroxyl groups excluding tert-OH is 4. The van der Waals surface area contributed by atoms with Gasteiger partial charge in [-0.25, -0.2) is 9.59 Å². The van der Waals surface area contributed by atoms with Gasteiger partial charge in [-0.1, -0.05) is 13.8 Å². The number of carboxylic acid groups (broad SMARTS) is 2. The van der Waals surface area contributed by atoms with Gasteiger partial charge in [0.2, 0.25) is 0 Å². The van der Waals surface area contributed by atoms with Crippen LogP contribution in [-0.2, 0) is 19.1 Å². The fourth-order valence-corrected chi connectivity index (χ4v) is 1.02. The molecule has 0 spiro atoms. The van der Waals surface area contributed by atoms with Crippen molar-refractivity contribution < 1.29 is 49.7 Å². The number of aliphatic hydroxyl groups is 4. The second kappa shape index (κ2) is 20.0. The lowest BCUT2D eigenvalue weighted by molar-refractivity contribution is -0.165. The number of hydrogen-bond acceptors (Lipinski definition) is 8. The van der Waals surface area contributed by atoms with E-state index < -0.39 is 30.3 Å². The molecule has 0 aromatic rings. The van der Waals surface area contributed by atoms with Crippen LogP contribution in [0.5, 0.6) is 0 Å². The first-order chi connectivity index (χ1) is 12.0. The molecule has 10 heteroatoms. The normalized spacial score (nSPS) is 14.6. The van der Waals surface area contributed by atoms with E-state index in [-0.39, 0.29) is 12.7 Å². The average Bonchev–Trinajstić information content (AvgIpc) is 2.59. The number of aliphatic carboxylic acids is 2. The summed E-state index contributed by atoms with van der Waals surface area (Å²) in [7, 11) is 0. The molecule has 26 heavy (non-hydrogen) atoms. The molecule has 0 fully saturated rings. The summed E-state index contributed by atoms with van der Waals surface area (Å²) in [4.78, 5) is 19.5. The molecule has 6 N–H and O–H groups in total. The second-order valence-electron chi connectivity index (χ2n) is 5.35. The highest BCUT2D eigenvalue weighted by molar-refractivity contribution is 5.83. The van der Waals surface area contributed by atoms with Gasteiger partial charge >= 0.3 is 11.9 Å². The Bertz CT molecular complexity index is 313. The first kappa shape index (κ1) is 29.5. The van der Waals surface area contributed by atoms with Gasteiger partial charge in [-0.2, -0.15) is 0 Å². The SMILES string of the molecule is CC(O)COC(C)CO.CCCOCCC.O=C(O)C(O)C(O)C(=O)O. The molecule has 4 atom stereocenters. The number of hydrogen-bond donors (Lipinski definition) is 6. The Morgan fingerprint density at radius 2 is 1.27 bits per heavy atom. The van der Waals surface area contributed by atoms with Gasteiger partial charge in [-0.05, 0) is 26.7 Å². The minimum absolute atomic E-state index is 0.00667. The lowest BCUT2D eigenvalue weighted by Crippen LogP contribution is -2.39. The van der Waals surface area contributed by atoms with Crippen molar-refractivity contribution in [1.82, 2.24) is 0 Å². The molecule has 0 rings (SSSR count). The fourth-order valence-electron chi connectivity index (χ4n) is 1.02. The molecular weight excluding hydrogens is 352 g/mol. The molecule has 0 saturated heterocycles. The van der Waals surface area contributed by atoms with Crippen LogP contribution in [0, 0.1) is 0 Å². The Kier molecular flexibility index (Phi) is 22.7.